The third-order valence-electron chi connectivity index (χ3n) is 6.89. The highest BCUT2D eigenvalue weighted by molar-refractivity contribution is 6.04. The van der Waals surface area contributed by atoms with Gasteiger partial charge in [-0.2, -0.15) is 0 Å². The predicted molar refractivity (Wildman–Crippen MR) is 93.1 cm³/mol. The summed E-state index contributed by atoms with van der Waals surface area (Å²) in [4.78, 5) is 28.0. The Bertz CT molecular complexity index is 861. The fourth-order valence-electron chi connectivity index (χ4n) is 5.45. The monoisotopic (exact) mass is 466 g/mol. The second kappa shape index (κ2) is 6.34. The molecule has 4 bridgehead atoms. The minimum atomic E-state index is -0.235. The van der Waals surface area contributed by atoms with Gasteiger partial charge in [-0.05, 0) is 6.07 Å². The summed E-state index contributed by atoms with van der Waals surface area (Å²) >= 11 is 0. The molecule has 6 rings (SSSR count). The highest BCUT2D eigenvalue weighted by Crippen LogP contribution is 2.46. The Morgan fingerprint density at radius 3 is 2.58 bits per heavy atom. The van der Waals surface area contributed by atoms with Gasteiger partial charge < -0.3 is 38.2 Å². The van der Waals surface area contributed by atoms with Crippen molar-refractivity contribution in [3.8, 4) is 0 Å². The first-order chi connectivity index (χ1) is 12.0. The molecule has 1 aromatic carbocycles. The average molecular weight is 466 g/mol. The largest absolute Gasteiger partial charge is 1.00 e. The zero-order valence-corrected chi connectivity index (χ0v) is 16.9. The number of Topliss-reactive ketones (excluding diaryl/α,β-unsaturated/α-hetero) is 1. The van der Waals surface area contributed by atoms with E-state index in [1.54, 1.807) is 6.20 Å². The van der Waals surface area contributed by atoms with E-state index in [0.29, 0.717) is 30.0 Å². The molecule has 138 valence electrons. The number of hydrogen-bond acceptors (Lipinski definition) is 3. The Hall–Kier alpha value is -1.41. The molecule has 0 saturated carbocycles. The van der Waals surface area contributed by atoms with Gasteiger partial charge in [0.15, 0.2) is 5.78 Å². The van der Waals surface area contributed by atoms with E-state index in [0.717, 1.165) is 41.1 Å². The molecule has 4 aliphatic rings. The number of esters is 1. The van der Waals surface area contributed by atoms with Gasteiger partial charge in [0, 0.05) is 48.7 Å². The van der Waals surface area contributed by atoms with Gasteiger partial charge in [-0.15, -0.1) is 0 Å². The molecule has 5 nitrogen and oxygen atoms in total. The minimum absolute atomic E-state index is 0. The summed E-state index contributed by atoms with van der Waals surface area (Å²) in [7, 11) is 2.22. The first kappa shape index (κ1) is 18.0. The van der Waals surface area contributed by atoms with Crippen LogP contribution in [0.5, 0.6) is 0 Å². The van der Waals surface area contributed by atoms with Crippen LogP contribution in [0.4, 0.5) is 0 Å². The highest BCUT2D eigenvalue weighted by atomic mass is 127. The number of nitrogens with one attached hydrogen (secondary N) is 1. The van der Waals surface area contributed by atoms with Crippen molar-refractivity contribution in [2.75, 3.05) is 13.6 Å². The number of piperidine rings is 4. The molecule has 2 unspecified atom stereocenters. The van der Waals surface area contributed by atoms with Gasteiger partial charge in [0.2, 0.25) is 0 Å². The molecule has 0 aliphatic carbocycles. The Morgan fingerprint density at radius 2 is 1.85 bits per heavy atom. The molecule has 1 N–H and O–H groups in total. The second-order valence-electron chi connectivity index (χ2n) is 8.19. The predicted octanol–water partition coefficient (Wildman–Crippen LogP) is -0.332. The van der Waals surface area contributed by atoms with Crippen LogP contribution in [0.3, 0.4) is 0 Å². The topological polar surface area (TPSA) is 59.2 Å². The molecule has 0 spiro atoms. The van der Waals surface area contributed by atoms with E-state index in [1.807, 2.05) is 24.3 Å². The number of quaternary nitrogens is 1. The van der Waals surface area contributed by atoms with Gasteiger partial charge in [-0.3, -0.25) is 4.79 Å². The van der Waals surface area contributed by atoms with Crippen LogP contribution in [0.1, 0.15) is 36.0 Å². The molecule has 6 heteroatoms. The number of ketones is 1. The molecular formula is C20H23IN2O3. The zero-order chi connectivity index (χ0) is 17.2. The molecule has 5 heterocycles. The van der Waals surface area contributed by atoms with Crippen molar-refractivity contribution in [2.45, 2.75) is 43.9 Å². The number of halogens is 1. The number of rotatable bonds is 2. The summed E-state index contributed by atoms with van der Waals surface area (Å²) in [5, 5.41) is 0.913. The number of hydrogen-bond donors (Lipinski definition) is 1. The van der Waals surface area contributed by atoms with Crippen molar-refractivity contribution >= 4 is 22.7 Å². The quantitative estimate of drug-likeness (QED) is 0.375. The van der Waals surface area contributed by atoms with Crippen LogP contribution in [-0.4, -0.2) is 53.0 Å². The summed E-state index contributed by atoms with van der Waals surface area (Å²) < 4.78 is 6.78. The summed E-state index contributed by atoms with van der Waals surface area (Å²) in [5.74, 6) is 0.450. The van der Waals surface area contributed by atoms with E-state index >= 15 is 0 Å². The molecule has 1 aromatic heterocycles. The zero-order valence-electron chi connectivity index (χ0n) is 14.8. The number of carbonyl (C=O) groups excluding carboxylic acids is 2. The SMILES string of the molecule is C[N+]12CC(=O)C3CC1CC(OC(=O)c1c[nH]c4ccccc14)CC2C3.[I-]. The van der Waals surface area contributed by atoms with Gasteiger partial charge in [0.1, 0.15) is 12.6 Å². The Morgan fingerprint density at radius 1 is 1.15 bits per heavy atom. The molecule has 4 aliphatic heterocycles. The maximum absolute atomic E-state index is 12.7. The number of fused-ring (bicyclic) bond motifs is 2. The number of benzene rings is 1. The van der Waals surface area contributed by atoms with Crippen LogP contribution in [0.25, 0.3) is 10.9 Å². The van der Waals surface area contributed by atoms with Gasteiger partial charge in [-0.25, -0.2) is 4.79 Å². The second-order valence-corrected chi connectivity index (χ2v) is 8.19. The number of likely N-dealkylation sites (N-methyl/N-ethyl adjacent to an activating group) is 1. The molecule has 0 amide bonds. The number of aromatic nitrogens is 1. The van der Waals surface area contributed by atoms with Gasteiger partial charge in [0.25, 0.3) is 0 Å². The van der Waals surface area contributed by atoms with Crippen molar-refractivity contribution in [1.29, 1.82) is 0 Å². The van der Waals surface area contributed by atoms with E-state index in [9.17, 15) is 9.59 Å². The van der Waals surface area contributed by atoms with E-state index in [1.165, 1.54) is 0 Å². The molecule has 4 saturated heterocycles. The normalized spacial score (nSPS) is 35.2. The summed E-state index contributed by atoms with van der Waals surface area (Å²) in [6.07, 6.45) is 5.40. The fraction of sp³-hybridized carbons (Fsp3) is 0.500. The summed E-state index contributed by atoms with van der Waals surface area (Å²) in [6, 6.07) is 8.70. The number of para-hydroxylation sites is 1. The molecule has 4 fully saturated rings. The van der Waals surface area contributed by atoms with Crippen LogP contribution in [-0.2, 0) is 9.53 Å². The lowest BCUT2D eigenvalue weighted by Gasteiger charge is -2.59. The van der Waals surface area contributed by atoms with E-state index < -0.39 is 0 Å². The summed E-state index contributed by atoms with van der Waals surface area (Å²) in [5.41, 5.74) is 1.57. The van der Waals surface area contributed by atoms with Crippen molar-refractivity contribution in [1.82, 2.24) is 4.98 Å². The lowest BCUT2D eigenvalue weighted by atomic mass is 9.69. The Balaban J connectivity index is 0.00000168. The van der Waals surface area contributed by atoms with Crippen LogP contribution < -0.4 is 24.0 Å². The van der Waals surface area contributed by atoms with Crippen molar-refractivity contribution < 1.29 is 42.8 Å². The number of aromatic amines is 1. The molecular weight excluding hydrogens is 443 g/mol. The third kappa shape index (κ3) is 2.60. The van der Waals surface area contributed by atoms with Crippen molar-refractivity contribution in [3.63, 3.8) is 0 Å². The maximum atomic E-state index is 12.7. The van der Waals surface area contributed by atoms with Gasteiger partial charge >= 0.3 is 5.97 Å². The summed E-state index contributed by atoms with van der Waals surface area (Å²) in [6.45, 7) is 0.670. The van der Waals surface area contributed by atoms with Gasteiger partial charge in [0.05, 0.1) is 24.7 Å². The lowest BCUT2D eigenvalue weighted by Crippen LogP contribution is -3.00. The molecule has 0 radical (unpaired) electrons. The van der Waals surface area contributed by atoms with E-state index in [4.69, 9.17) is 4.74 Å². The Kier molecular flexibility index (Phi) is 4.38. The number of nitrogens with zero attached hydrogens (tertiary/aromatic N) is 1. The van der Waals surface area contributed by atoms with E-state index in [2.05, 4.69) is 12.0 Å². The molecule has 2 atom stereocenters. The maximum Gasteiger partial charge on any atom is 0.340 e. The van der Waals surface area contributed by atoms with Crippen LogP contribution in [0, 0.1) is 5.92 Å². The number of carbonyl (C=O) groups is 2. The Labute approximate surface area is 169 Å². The highest BCUT2D eigenvalue weighted by Gasteiger charge is 2.58. The van der Waals surface area contributed by atoms with Crippen LogP contribution in [0.2, 0.25) is 0 Å². The fourth-order valence-corrected chi connectivity index (χ4v) is 5.45. The van der Waals surface area contributed by atoms with Crippen molar-refractivity contribution in [3.05, 3.63) is 36.0 Å². The van der Waals surface area contributed by atoms with Crippen molar-refractivity contribution in [2.24, 2.45) is 5.92 Å². The molecule has 2 aromatic rings. The third-order valence-corrected chi connectivity index (χ3v) is 6.89. The molecule has 26 heavy (non-hydrogen) atoms. The first-order valence-electron chi connectivity index (χ1n) is 9.19. The first-order valence-corrected chi connectivity index (χ1v) is 9.19. The number of ether oxygens (including phenoxy) is 1. The van der Waals surface area contributed by atoms with Crippen LogP contribution in [0.15, 0.2) is 30.5 Å². The van der Waals surface area contributed by atoms with E-state index in [-0.39, 0.29) is 42.0 Å². The smallest absolute Gasteiger partial charge is 0.340 e. The lowest BCUT2D eigenvalue weighted by molar-refractivity contribution is -0.966. The minimum Gasteiger partial charge on any atom is -1.00 e. The van der Waals surface area contributed by atoms with Gasteiger partial charge in [-0.1, -0.05) is 18.2 Å². The van der Waals surface area contributed by atoms with Crippen LogP contribution >= 0.6 is 0 Å². The standard InChI is InChI=1S/C20H22N2O3.HI/c1-22-11-19(23)12-6-13(22)8-15(9-14(22)7-12)25-20(24)17-10-21-18-5-3-2-4-16(17)18;/h2-5,10,12-15H,6-9,11H2,1H3;1H. The average Bonchev–Trinajstić information content (AvgIpc) is 2.99. The number of H-pyrrole nitrogens is 1.